The van der Waals surface area contributed by atoms with Crippen LogP contribution in [0, 0.1) is 11.3 Å². The van der Waals surface area contributed by atoms with Crippen LogP contribution in [-0.2, 0) is 7.05 Å². The summed E-state index contributed by atoms with van der Waals surface area (Å²) in [6, 6.07) is 21.4. The van der Waals surface area contributed by atoms with E-state index in [1.165, 1.54) is 6.07 Å². The predicted octanol–water partition coefficient (Wildman–Crippen LogP) is 4.63. The van der Waals surface area contributed by atoms with E-state index >= 15 is 0 Å². The Hall–Kier alpha value is -3.73. The zero-order chi connectivity index (χ0) is 26.2. The van der Waals surface area contributed by atoms with Gasteiger partial charge in [0.25, 0.3) is 5.56 Å². The van der Waals surface area contributed by atoms with Crippen LogP contribution in [0.4, 0.5) is 5.69 Å². The summed E-state index contributed by atoms with van der Waals surface area (Å²) in [5.74, 6) is -0.134. The number of fused-ring (bicyclic) bond motifs is 1. The number of nitrogens with one attached hydrogen (secondary N) is 1. The fraction of sp³-hybridized carbons (Fsp3) is 0.310. The number of nitriles is 1. The highest BCUT2D eigenvalue weighted by Gasteiger charge is 2.46. The fourth-order valence-corrected chi connectivity index (χ4v) is 5.66. The van der Waals surface area contributed by atoms with Crippen LogP contribution in [-0.4, -0.2) is 39.2 Å². The smallest absolute Gasteiger partial charge is 0.250 e. The van der Waals surface area contributed by atoms with Crippen LogP contribution >= 0.6 is 11.6 Å². The first-order chi connectivity index (χ1) is 17.9. The number of hydrogen-bond acceptors (Lipinski definition) is 6. The maximum absolute atomic E-state index is 12.7. The Labute approximate surface area is 221 Å². The van der Waals surface area contributed by atoms with E-state index in [1.807, 2.05) is 36.5 Å². The fourth-order valence-electron chi connectivity index (χ4n) is 5.53. The van der Waals surface area contributed by atoms with Crippen LogP contribution in [0.1, 0.15) is 43.1 Å². The van der Waals surface area contributed by atoms with Gasteiger partial charge in [-0.1, -0.05) is 36.7 Å². The van der Waals surface area contributed by atoms with E-state index in [2.05, 4.69) is 53.3 Å². The molecule has 0 radical (unpaired) electrons. The second-order valence-corrected chi connectivity index (χ2v) is 10.2. The van der Waals surface area contributed by atoms with Gasteiger partial charge in [-0.15, -0.1) is 0 Å². The number of hydrogen-bond donors (Lipinski definition) is 1. The normalized spacial score (nSPS) is 20.5. The Bertz CT molecular complexity index is 1530. The summed E-state index contributed by atoms with van der Waals surface area (Å²) in [7, 11) is 1.76. The van der Waals surface area contributed by atoms with E-state index in [9.17, 15) is 10.1 Å². The molecule has 4 aromatic rings. The molecule has 1 unspecified atom stereocenters. The van der Waals surface area contributed by atoms with Crippen molar-refractivity contribution >= 4 is 28.3 Å². The van der Waals surface area contributed by atoms with Gasteiger partial charge < -0.3 is 14.8 Å². The standard InChI is InChI=1S/C29H29ClN6O/c1-4-21-17-36(25-15-22(16-31)34-24-12-13-26(37)35(3)28(24)25)29(2,18-33-21)27(23-7-5-6-14-32-23)19-8-10-20(30)11-9-19/h5-15,21,27,33H,4,17-18H2,1-3H3/t21-,27?,29-/m1/s1. The topological polar surface area (TPSA) is 86.8 Å². The van der Waals surface area contributed by atoms with Crippen molar-refractivity contribution in [2.75, 3.05) is 18.0 Å². The maximum Gasteiger partial charge on any atom is 0.250 e. The van der Waals surface area contributed by atoms with Crippen molar-refractivity contribution in [2.24, 2.45) is 7.05 Å². The number of aromatic nitrogens is 3. The largest absolute Gasteiger partial charge is 0.360 e. The second-order valence-electron chi connectivity index (χ2n) is 9.80. The number of rotatable bonds is 5. The lowest BCUT2D eigenvalue weighted by Crippen LogP contribution is -2.66. The molecule has 3 aromatic heterocycles. The van der Waals surface area contributed by atoms with Crippen LogP contribution in [0.5, 0.6) is 0 Å². The Morgan fingerprint density at radius 1 is 1.22 bits per heavy atom. The van der Waals surface area contributed by atoms with Gasteiger partial charge in [0.2, 0.25) is 0 Å². The second kappa shape index (κ2) is 9.97. The summed E-state index contributed by atoms with van der Waals surface area (Å²) in [5, 5.41) is 14.3. The minimum atomic E-state index is -0.513. The Balaban J connectivity index is 1.80. The van der Waals surface area contributed by atoms with Crippen LogP contribution in [0.25, 0.3) is 11.0 Å². The van der Waals surface area contributed by atoms with Gasteiger partial charge in [-0.2, -0.15) is 5.26 Å². The van der Waals surface area contributed by atoms with Crippen LogP contribution in [0.2, 0.25) is 5.02 Å². The van der Waals surface area contributed by atoms with Crippen molar-refractivity contribution in [2.45, 2.75) is 37.8 Å². The number of halogens is 1. The van der Waals surface area contributed by atoms with Gasteiger partial charge in [0.05, 0.1) is 33.9 Å². The summed E-state index contributed by atoms with van der Waals surface area (Å²) >= 11 is 6.27. The molecule has 8 heteroatoms. The van der Waals surface area contributed by atoms with Crippen LogP contribution < -0.4 is 15.8 Å². The maximum atomic E-state index is 12.7. The highest BCUT2D eigenvalue weighted by Crippen LogP contribution is 2.43. The molecule has 1 aliphatic heterocycles. The molecular weight excluding hydrogens is 484 g/mol. The highest BCUT2D eigenvalue weighted by molar-refractivity contribution is 6.30. The molecule has 5 rings (SSSR count). The van der Waals surface area contributed by atoms with Crippen molar-refractivity contribution in [1.82, 2.24) is 19.9 Å². The van der Waals surface area contributed by atoms with Gasteiger partial charge in [0.15, 0.2) is 0 Å². The molecule has 1 N–H and O–H groups in total. The average molecular weight is 513 g/mol. The highest BCUT2D eigenvalue weighted by atomic mass is 35.5. The van der Waals surface area contributed by atoms with E-state index in [4.69, 9.17) is 16.6 Å². The summed E-state index contributed by atoms with van der Waals surface area (Å²) in [4.78, 5) is 24.4. The van der Waals surface area contributed by atoms with Gasteiger partial charge in [-0.25, -0.2) is 4.98 Å². The van der Waals surface area contributed by atoms with Gasteiger partial charge in [-0.05, 0) is 49.2 Å². The lowest BCUT2D eigenvalue weighted by atomic mass is 9.74. The summed E-state index contributed by atoms with van der Waals surface area (Å²) in [6.45, 7) is 5.74. The number of nitrogens with zero attached hydrogens (tertiary/aromatic N) is 5. The molecule has 7 nitrogen and oxygen atoms in total. The van der Waals surface area contributed by atoms with Gasteiger partial charge >= 0.3 is 0 Å². The number of anilines is 1. The zero-order valence-electron chi connectivity index (χ0n) is 21.1. The molecule has 188 valence electrons. The third-order valence-corrected chi connectivity index (χ3v) is 7.78. The molecule has 1 saturated heterocycles. The van der Waals surface area contributed by atoms with Crippen molar-refractivity contribution in [3.8, 4) is 6.07 Å². The number of pyridine rings is 3. The number of benzene rings is 1. The van der Waals surface area contributed by atoms with Crippen molar-refractivity contribution in [1.29, 1.82) is 5.26 Å². The monoisotopic (exact) mass is 512 g/mol. The van der Waals surface area contributed by atoms with Gasteiger partial charge in [0, 0.05) is 49.5 Å². The molecule has 1 aliphatic rings. The molecule has 0 saturated carbocycles. The Morgan fingerprint density at radius 3 is 2.68 bits per heavy atom. The molecule has 1 fully saturated rings. The zero-order valence-corrected chi connectivity index (χ0v) is 21.9. The van der Waals surface area contributed by atoms with Crippen LogP contribution in [0.15, 0.2) is 71.7 Å². The van der Waals surface area contributed by atoms with Gasteiger partial charge in [-0.3, -0.25) is 9.78 Å². The number of piperazine rings is 1. The first-order valence-electron chi connectivity index (χ1n) is 12.4. The molecule has 37 heavy (non-hydrogen) atoms. The summed E-state index contributed by atoms with van der Waals surface area (Å²) < 4.78 is 1.63. The average Bonchev–Trinajstić information content (AvgIpc) is 2.92. The summed E-state index contributed by atoms with van der Waals surface area (Å²) in [6.07, 6.45) is 2.76. The van der Waals surface area contributed by atoms with E-state index in [0.717, 1.165) is 23.4 Å². The van der Waals surface area contributed by atoms with E-state index in [1.54, 1.807) is 17.7 Å². The van der Waals surface area contributed by atoms with Gasteiger partial charge in [0.1, 0.15) is 11.8 Å². The minimum Gasteiger partial charge on any atom is -0.360 e. The summed E-state index contributed by atoms with van der Waals surface area (Å²) in [5.41, 5.74) is 3.84. The quantitative estimate of drug-likeness (QED) is 0.419. The molecule has 0 spiro atoms. The molecule has 0 aliphatic carbocycles. The third kappa shape index (κ3) is 4.48. The molecule has 0 bridgehead atoms. The van der Waals surface area contributed by atoms with E-state index < -0.39 is 5.54 Å². The first-order valence-corrected chi connectivity index (χ1v) is 12.8. The van der Waals surface area contributed by atoms with Crippen molar-refractivity contribution < 1.29 is 0 Å². The Kier molecular flexibility index (Phi) is 6.72. The molecule has 0 amide bonds. The van der Waals surface area contributed by atoms with Crippen molar-refractivity contribution in [3.05, 3.63) is 99.2 Å². The van der Waals surface area contributed by atoms with Crippen molar-refractivity contribution in [3.63, 3.8) is 0 Å². The SMILES string of the molecule is CC[C@@H]1CN(c2cc(C#N)nc3ccc(=O)n(C)c23)[C@@](C)(C(c2ccc(Cl)cc2)c2ccccn2)CN1. The molecule has 3 atom stereocenters. The third-order valence-electron chi connectivity index (χ3n) is 7.52. The predicted molar refractivity (Wildman–Crippen MR) is 147 cm³/mol. The lowest BCUT2D eigenvalue weighted by molar-refractivity contribution is 0.273. The number of aryl methyl sites for hydroxylation is 1. The molecular formula is C29H29ClN6O. The van der Waals surface area contributed by atoms with E-state index in [0.29, 0.717) is 34.8 Å². The first kappa shape index (κ1) is 24.9. The van der Waals surface area contributed by atoms with Crippen LogP contribution in [0.3, 0.4) is 0 Å². The minimum absolute atomic E-state index is 0.122. The lowest BCUT2D eigenvalue weighted by Gasteiger charge is -2.53. The molecule has 1 aromatic carbocycles. The Morgan fingerprint density at radius 2 is 2.00 bits per heavy atom. The van der Waals surface area contributed by atoms with E-state index in [-0.39, 0.29) is 17.5 Å². The molecule has 4 heterocycles.